The van der Waals surface area contributed by atoms with E-state index in [0.29, 0.717) is 28.4 Å². The fraction of sp³-hybridized carbons (Fsp3) is 0.158. The average molecular weight is 388 g/mol. The summed E-state index contributed by atoms with van der Waals surface area (Å²) in [5, 5.41) is 8.58. The number of alkyl halides is 3. The van der Waals surface area contributed by atoms with Crippen molar-refractivity contribution < 1.29 is 13.2 Å². The molecule has 0 unspecified atom stereocenters. The van der Waals surface area contributed by atoms with Crippen LogP contribution in [-0.4, -0.2) is 14.8 Å². The molecule has 0 saturated heterocycles. The van der Waals surface area contributed by atoms with E-state index in [4.69, 9.17) is 0 Å². The van der Waals surface area contributed by atoms with Gasteiger partial charge in [0.25, 0.3) is 0 Å². The highest BCUT2D eigenvalue weighted by Gasteiger charge is 2.31. The van der Waals surface area contributed by atoms with Crippen LogP contribution in [0.5, 0.6) is 0 Å². The molecular weight excluding hydrogens is 373 g/mol. The number of aryl methyl sites for hydroxylation is 1. The lowest BCUT2D eigenvalue weighted by molar-refractivity contribution is -0.137. The van der Waals surface area contributed by atoms with E-state index < -0.39 is 11.7 Å². The first kappa shape index (κ1) is 17.5. The Balaban J connectivity index is 1.81. The monoisotopic (exact) mass is 388 g/mol. The van der Waals surface area contributed by atoms with Gasteiger partial charge < -0.3 is 5.32 Å². The smallest absolute Gasteiger partial charge is 0.314 e. The van der Waals surface area contributed by atoms with Gasteiger partial charge in [0.15, 0.2) is 10.9 Å². The summed E-state index contributed by atoms with van der Waals surface area (Å²) in [4.78, 5) is 5.22. The Hall–Kier alpha value is -2.87. The SMILES string of the molecule is Cc1cnc(Nc2nn(Cc3ccccc3)c3ccc(C(F)(F)F)cc23)s1. The third-order valence-electron chi connectivity index (χ3n) is 4.10. The van der Waals surface area contributed by atoms with Gasteiger partial charge in [-0.3, -0.25) is 4.68 Å². The number of halogens is 3. The summed E-state index contributed by atoms with van der Waals surface area (Å²) in [5.74, 6) is 0.362. The predicted octanol–water partition coefficient (Wildman–Crippen LogP) is 5.61. The van der Waals surface area contributed by atoms with Crippen LogP contribution in [0, 0.1) is 6.92 Å². The molecule has 2 aromatic heterocycles. The molecule has 2 aromatic carbocycles. The molecule has 0 fully saturated rings. The number of anilines is 2. The summed E-state index contributed by atoms with van der Waals surface area (Å²) >= 11 is 1.42. The number of hydrogen-bond acceptors (Lipinski definition) is 4. The predicted molar refractivity (Wildman–Crippen MR) is 100 cm³/mol. The highest BCUT2D eigenvalue weighted by atomic mass is 32.1. The van der Waals surface area contributed by atoms with Gasteiger partial charge in [0.05, 0.1) is 17.6 Å². The van der Waals surface area contributed by atoms with Crippen molar-refractivity contribution in [3.63, 3.8) is 0 Å². The quantitative estimate of drug-likeness (QED) is 0.494. The number of fused-ring (bicyclic) bond motifs is 1. The van der Waals surface area contributed by atoms with Crippen molar-refractivity contribution in [1.82, 2.24) is 14.8 Å². The van der Waals surface area contributed by atoms with Crippen molar-refractivity contribution in [3.05, 3.63) is 70.7 Å². The van der Waals surface area contributed by atoms with Crippen molar-refractivity contribution in [2.45, 2.75) is 19.6 Å². The van der Waals surface area contributed by atoms with Crippen LogP contribution in [0.15, 0.2) is 54.7 Å². The molecule has 2 heterocycles. The molecule has 4 aromatic rings. The summed E-state index contributed by atoms with van der Waals surface area (Å²) in [5.41, 5.74) is 0.939. The molecule has 0 spiro atoms. The van der Waals surface area contributed by atoms with Gasteiger partial charge in [-0.15, -0.1) is 11.3 Å². The number of hydrogen-bond donors (Lipinski definition) is 1. The first-order valence-electron chi connectivity index (χ1n) is 8.21. The first-order valence-corrected chi connectivity index (χ1v) is 9.03. The van der Waals surface area contributed by atoms with Crippen LogP contribution < -0.4 is 5.32 Å². The number of aromatic nitrogens is 3. The van der Waals surface area contributed by atoms with E-state index >= 15 is 0 Å². The Labute approximate surface area is 157 Å². The molecule has 0 amide bonds. The molecule has 0 bridgehead atoms. The first-order chi connectivity index (χ1) is 12.9. The Morgan fingerprint density at radius 1 is 1.11 bits per heavy atom. The molecule has 0 saturated carbocycles. The van der Waals surface area contributed by atoms with Crippen molar-refractivity contribution in [3.8, 4) is 0 Å². The fourth-order valence-corrected chi connectivity index (χ4v) is 3.50. The van der Waals surface area contributed by atoms with Crippen LogP contribution in [0.3, 0.4) is 0 Å². The average Bonchev–Trinajstić information content (AvgIpc) is 3.19. The summed E-state index contributed by atoms with van der Waals surface area (Å²) in [6.07, 6.45) is -2.71. The van der Waals surface area contributed by atoms with Crippen molar-refractivity contribution in [1.29, 1.82) is 0 Å². The second-order valence-electron chi connectivity index (χ2n) is 6.12. The maximum Gasteiger partial charge on any atom is 0.416 e. The maximum absolute atomic E-state index is 13.2. The van der Waals surface area contributed by atoms with E-state index in [-0.39, 0.29) is 0 Å². The lowest BCUT2D eigenvalue weighted by Gasteiger charge is -2.07. The molecule has 0 radical (unpaired) electrons. The van der Waals surface area contributed by atoms with Gasteiger partial charge in [-0.1, -0.05) is 30.3 Å². The number of thiazole rings is 1. The standard InChI is InChI=1S/C19H15F3N4S/c1-12-10-23-18(27-12)24-17-15-9-14(19(20,21)22)7-8-16(15)26(25-17)11-13-5-3-2-4-6-13/h2-10H,11H2,1H3,(H,23,24,25). The van der Waals surface area contributed by atoms with Gasteiger partial charge in [0, 0.05) is 16.5 Å². The van der Waals surface area contributed by atoms with Crippen LogP contribution in [0.1, 0.15) is 16.0 Å². The third kappa shape index (κ3) is 3.66. The zero-order valence-corrected chi connectivity index (χ0v) is 15.1. The molecule has 0 atom stereocenters. The number of nitrogens with one attached hydrogen (secondary N) is 1. The Bertz CT molecular complexity index is 1080. The minimum Gasteiger partial charge on any atom is -0.314 e. The van der Waals surface area contributed by atoms with Crippen molar-refractivity contribution >= 4 is 33.2 Å². The van der Waals surface area contributed by atoms with Gasteiger partial charge in [-0.25, -0.2) is 4.98 Å². The molecule has 0 aliphatic carbocycles. The Morgan fingerprint density at radius 3 is 2.56 bits per heavy atom. The highest BCUT2D eigenvalue weighted by Crippen LogP contribution is 2.35. The van der Waals surface area contributed by atoms with Gasteiger partial charge in [-0.05, 0) is 30.7 Å². The minimum absolute atomic E-state index is 0.362. The fourth-order valence-electron chi connectivity index (χ4n) is 2.84. The van der Waals surface area contributed by atoms with Gasteiger partial charge in [0.2, 0.25) is 0 Å². The van der Waals surface area contributed by atoms with Gasteiger partial charge >= 0.3 is 6.18 Å². The molecule has 4 nitrogen and oxygen atoms in total. The third-order valence-corrected chi connectivity index (χ3v) is 4.93. The number of benzene rings is 2. The Kier molecular flexibility index (Phi) is 4.35. The Morgan fingerprint density at radius 2 is 1.89 bits per heavy atom. The second-order valence-corrected chi connectivity index (χ2v) is 7.36. The molecule has 27 heavy (non-hydrogen) atoms. The maximum atomic E-state index is 13.2. The van der Waals surface area contributed by atoms with Crippen LogP contribution in [0.25, 0.3) is 10.9 Å². The molecule has 0 aliphatic rings. The van der Waals surface area contributed by atoms with E-state index in [0.717, 1.165) is 22.6 Å². The minimum atomic E-state index is -4.41. The van der Waals surface area contributed by atoms with Crippen LogP contribution in [0.4, 0.5) is 24.1 Å². The number of rotatable bonds is 4. The van der Waals surface area contributed by atoms with Crippen LogP contribution in [-0.2, 0) is 12.7 Å². The lowest BCUT2D eigenvalue weighted by atomic mass is 10.1. The summed E-state index contributed by atoms with van der Waals surface area (Å²) in [7, 11) is 0. The summed E-state index contributed by atoms with van der Waals surface area (Å²) in [6, 6.07) is 13.3. The molecule has 138 valence electrons. The lowest BCUT2D eigenvalue weighted by Crippen LogP contribution is -2.05. The van der Waals surface area contributed by atoms with Gasteiger partial charge in [0.1, 0.15) is 0 Å². The molecule has 1 N–H and O–H groups in total. The number of nitrogens with zero attached hydrogens (tertiary/aromatic N) is 3. The van der Waals surface area contributed by atoms with Crippen molar-refractivity contribution in [2.24, 2.45) is 0 Å². The molecule has 4 rings (SSSR count). The van der Waals surface area contributed by atoms with Crippen LogP contribution in [0.2, 0.25) is 0 Å². The summed E-state index contributed by atoms with van der Waals surface area (Å²) in [6.45, 7) is 2.37. The molecular formula is C19H15F3N4S. The van der Waals surface area contributed by atoms with E-state index in [1.807, 2.05) is 37.3 Å². The van der Waals surface area contributed by atoms with E-state index in [9.17, 15) is 13.2 Å². The van der Waals surface area contributed by atoms with Crippen LogP contribution >= 0.6 is 11.3 Å². The van der Waals surface area contributed by atoms with Gasteiger partial charge in [-0.2, -0.15) is 18.3 Å². The largest absolute Gasteiger partial charge is 0.416 e. The molecule has 0 aliphatic heterocycles. The zero-order valence-electron chi connectivity index (χ0n) is 14.3. The normalized spacial score (nSPS) is 11.9. The second kappa shape index (κ2) is 6.70. The van der Waals surface area contributed by atoms with E-state index in [1.54, 1.807) is 10.9 Å². The van der Waals surface area contributed by atoms with Crippen molar-refractivity contribution in [2.75, 3.05) is 5.32 Å². The molecule has 8 heteroatoms. The van der Waals surface area contributed by atoms with E-state index in [2.05, 4.69) is 15.4 Å². The van der Waals surface area contributed by atoms with E-state index in [1.165, 1.54) is 17.4 Å². The highest BCUT2D eigenvalue weighted by molar-refractivity contribution is 7.15. The summed E-state index contributed by atoms with van der Waals surface area (Å²) < 4.78 is 41.2. The zero-order chi connectivity index (χ0) is 19.0. The topological polar surface area (TPSA) is 42.7 Å².